The Labute approximate surface area is 130 Å². The second kappa shape index (κ2) is 11.0. The van der Waals surface area contributed by atoms with Gasteiger partial charge in [-0.1, -0.05) is 19.9 Å². The number of methoxy groups -OCH3 is 1. The van der Waals surface area contributed by atoms with Gasteiger partial charge in [0.1, 0.15) is 0 Å². The van der Waals surface area contributed by atoms with Gasteiger partial charge in [-0.15, -0.1) is 0 Å². The van der Waals surface area contributed by atoms with Gasteiger partial charge in [-0.05, 0) is 25.5 Å². The third-order valence-electron chi connectivity index (χ3n) is 2.63. The SMILES string of the molecule is CC.CC(=O)OC1CCC(C)O1.COc1cccc(F)c1F. The van der Waals surface area contributed by atoms with E-state index in [9.17, 15) is 13.6 Å². The molecule has 0 saturated carbocycles. The van der Waals surface area contributed by atoms with E-state index in [2.05, 4.69) is 4.74 Å². The fraction of sp³-hybridized carbons (Fsp3) is 0.562. The van der Waals surface area contributed by atoms with E-state index in [-0.39, 0.29) is 24.1 Å². The van der Waals surface area contributed by atoms with Crippen LogP contribution >= 0.6 is 0 Å². The third kappa shape index (κ3) is 7.36. The van der Waals surface area contributed by atoms with Crippen molar-refractivity contribution in [3.05, 3.63) is 29.8 Å². The van der Waals surface area contributed by atoms with Crippen LogP contribution in [0.15, 0.2) is 18.2 Å². The van der Waals surface area contributed by atoms with Crippen molar-refractivity contribution in [2.75, 3.05) is 7.11 Å². The molecule has 1 aromatic rings. The van der Waals surface area contributed by atoms with Crippen LogP contribution in [0.2, 0.25) is 0 Å². The number of benzene rings is 1. The Hall–Kier alpha value is -1.69. The van der Waals surface area contributed by atoms with E-state index in [0.29, 0.717) is 0 Å². The number of hydrogen-bond donors (Lipinski definition) is 0. The van der Waals surface area contributed by atoms with Gasteiger partial charge in [-0.25, -0.2) is 4.39 Å². The number of esters is 1. The van der Waals surface area contributed by atoms with E-state index in [1.165, 1.54) is 26.2 Å². The molecule has 2 unspecified atom stereocenters. The number of rotatable bonds is 2. The molecule has 22 heavy (non-hydrogen) atoms. The number of hydrogen-bond acceptors (Lipinski definition) is 4. The van der Waals surface area contributed by atoms with Crippen LogP contribution in [0.5, 0.6) is 5.75 Å². The van der Waals surface area contributed by atoms with Crippen LogP contribution in [0.1, 0.15) is 40.5 Å². The Bertz CT molecular complexity index is 452. The van der Waals surface area contributed by atoms with Crippen LogP contribution in [0, 0.1) is 11.6 Å². The summed E-state index contributed by atoms with van der Waals surface area (Å²) >= 11 is 0. The summed E-state index contributed by atoms with van der Waals surface area (Å²) in [4.78, 5) is 10.4. The molecule has 4 nitrogen and oxygen atoms in total. The minimum absolute atomic E-state index is 0.0694. The Morgan fingerprint density at radius 1 is 1.27 bits per heavy atom. The molecule has 1 saturated heterocycles. The second-order valence-corrected chi connectivity index (χ2v) is 4.32. The predicted octanol–water partition coefficient (Wildman–Crippen LogP) is 4.07. The average Bonchev–Trinajstić information content (AvgIpc) is 2.89. The maximum atomic E-state index is 12.5. The molecular formula is C16H24F2O4. The topological polar surface area (TPSA) is 44.8 Å². The summed E-state index contributed by atoms with van der Waals surface area (Å²) in [5.41, 5.74) is 0. The summed E-state index contributed by atoms with van der Waals surface area (Å²) in [5, 5.41) is 0. The highest BCUT2D eigenvalue weighted by Gasteiger charge is 2.23. The van der Waals surface area contributed by atoms with Crippen LogP contribution in [-0.4, -0.2) is 25.5 Å². The van der Waals surface area contributed by atoms with Crippen molar-refractivity contribution in [2.45, 2.75) is 52.9 Å². The zero-order valence-electron chi connectivity index (χ0n) is 13.7. The first kappa shape index (κ1) is 20.3. The van der Waals surface area contributed by atoms with Gasteiger partial charge >= 0.3 is 5.97 Å². The highest BCUT2D eigenvalue weighted by atomic mass is 19.2. The van der Waals surface area contributed by atoms with Gasteiger partial charge in [0, 0.05) is 13.3 Å². The number of halogens is 2. The molecule has 0 bridgehead atoms. The number of carbonyl (C=O) groups excluding carboxylic acids is 1. The highest BCUT2D eigenvalue weighted by Crippen LogP contribution is 2.19. The molecule has 2 rings (SSSR count). The van der Waals surface area contributed by atoms with Crippen molar-refractivity contribution in [3.8, 4) is 5.75 Å². The van der Waals surface area contributed by atoms with Gasteiger partial charge in [-0.2, -0.15) is 4.39 Å². The summed E-state index contributed by atoms with van der Waals surface area (Å²) in [6.45, 7) is 7.37. The van der Waals surface area contributed by atoms with Crippen LogP contribution in [0.4, 0.5) is 8.78 Å². The summed E-state index contributed by atoms with van der Waals surface area (Å²) in [6, 6.07) is 3.79. The maximum Gasteiger partial charge on any atom is 0.304 e. The van der Waals surface area contributed by atoms with E-state index in [1.807, 2.05) is 20.8 Å². The lowest BCUT2D eigenvalue weighted by Crippen LogP contribution is -2.15. The van der Waals surface area contributed by atoms with Crippen LogP contribution in [-0.2, 0) is 14.3 Å². The third-order valence-corrected chi connectivity index (χ3v) is 2.63. The molecular weight excluding hydrogens is 294 g/mol. The zero-order chi connectivity index (χ0) is 17.1. The second-order valence-electron chi connectivity index (χ2n) is 4.32. The Morgan fingerprint density at radius 2 is 1.91 bits per heavy atom. The molecule has 1 aromatic carbocycles. The van der Waals surface area contributed by atoms with Crippen molar-refractivity contribution in [1.82, 2.24) is 0 Å². The largest absolute Gasteiger partial charge is 0.494 e. The van der Waals surface area contributed by atoms with Crippen LogP contribution in [0.3, 0.4) is 0 Å². The molecule has 1 heterocycles. The molecule has 0 aliphatic carbocycles. The molecule has 1 aliphatic rings. The fourth-order valence-corrected chi connectivity index (χ4v) is 1.68. The standard InChI is InChI=1S/C7H6F2O.C7H12O3.C2H6/c1-10-6-4-2-3-5(8)7(6)9;1-5-3-4-7(9-5)10-6(2)8;1-2/h2-4H,1H3;5,7H,3-4H2,1-2H3;1-2H3. The summed E-state index contributed by atoms with van der Waals surface area (Å²) in [7, 11) is 1.29. The summed E-state index contributed by atoms with van der Waals surface area (Å²) < 4.78 is 39.4. The first-order valence-electron chi connectivity index (χ1n) is 7.24. The fourth-order valence-electron chi connectivity index (χ4n) is 1.68. The number of ether oxygens (including phenoxy) is 3. The van der Waals surface area contributed by atoms with Gasteiger partial charge in [0.25, 0.3) is 0 Å². The van der Waals surface area contributed by atoms with E-state index in [1.54, 1.807) is 0 Å². The van der Waals surface area contributed by atoms with Gasteiger partial charge in [0.05, 0.1) is 13.2 Å². The van der Waals surface area contributed by atoms with Gasteiger partial charge < -0.3 is 14.2 Å². The molecule has 0 aromatic heterocycles. The zero-order valence-corrected chi connectivity index (χ0v) is 13.7. The normalized spacial score (nSPS) is 19.2. The first-order valence-corrected chi connectivity index (χ1v) is 7.24. The molecule has 0 spiro atoms. The van der Waals surface area contributed by atoms with Crippen molar-refractivity contribution in [3.63, 3.8) is 0 Å². The number of carbonyl (C=O) groups is 1. The summed E-state index contributed by atoms with van der Waals surface area (Å²) in [5.74, 6) is -2.16. The van der Waals surface area contributed by atoms with E-state index < -0.39 is 11.6 Å². The quantitative estimate of drug-likeness (QED) is 0.771. The molecule has 2 atom stereocenters. The van der Waals surface area contributed by atoms with Gasteiger partial charge in [-0.3, -0.25) is 4.79 Å². The lowest BCUT2D eigenvalue weighted by Gasteiger charge is -2.09. The van der Waals surface area contributed by atoms with E-state index in [4.69, 9.17) is 9.47 Å². The van der Waals surface area contributed by atoms with E-state index >= 15 is 0 Å². The average molecular weight is 318 g/mol. The lowest BCUT2D eigenvalue weighted by molar-refractivity contribution is -0.171. The summed E-state index contributed by atoms with van der Waals surface area (Å²) in [6.07, 6.45) is 1.77. The minimum Gasteiger partial charge on any atom is -0.494 e. The molecule has 0 amide bonds. The van der Waals surface area contributed by atoms with E-state index in [0.717, 1.165) is 18.9 Å². The van der Waals surface area contributed by atoms with Crippen molar-refractivity contribution < 1.29 is 27.8 Å². The highest BCUT2D eigenvalue weighted by molar-refractivity contribution is 5.66. The molecule has 1 aliphatic heterocycles. The monoisotopic (exact) mass is 318 g/mol. The van der Waals surface area contributed by atoms with Gasteiger partial charge in [0.2, 0.25) is 12.1 Å². The Kier molecular flexibility index (Phi) is 10.1. The van der Waals surface area contributed by atoms with Crippen molar-refractivity contribution in [1.29, 1.82) is 0 Å². The minimum atomic E-state index is -0.940. The predicted molar refractivity (Wildman–Crippen MR) is 79.6 cm³/mol. The van der Waals surface area contributed by atoms with Crippen molar-refractivity contribution in [2.24, 2.45) is 0 Å². The molecule has 1 fully saturated rings. The molecule has 6 heteroatoms. The lowest BCUT2D eigenvalue weighted by atomic mass is 10.3. The molecule has 126 valence electrons. The Morgan fingerprint density at radius 3 is 2.32 bits per heavy atom. The van der Waals surface area contributed by atoms with Crippen molar-refractivity contribution >= 4 is 5.97 Å². The Balaban J connectivity index is 0.000000360. The molecule has 0 N–H and O–H groups in total. The van der Waals surface area contributed by atoms with Crippen LogP contribution in [0.25, 0.3) is 0 Å². The van der Waals surface area contributed by atoms with Gasteiger partial charge in [0.15, 0.2) is 11.6 Å². The maximum absolute atomic E-state index is 12.5. The smallest absolute Gasteiger partial charge is 0.304 e. The van der Waals surface area contributed by atoms with Crippen LogP contribution < -0.4 is 4.74 Å². The molecule has 0 radical (unpaired) electrons. The first-order chi connectivity index (χ1) is 10.4.